The van der Waals surface area contributed by atoms with Crippen LogP contribution >= 0.6 is 11.3 Å². The summed E-state index contributed by atoms with van der Waals surface area (Å²) in [5.41, 5.74) is 3.35. The Morgan fingerprint density at radius 3 is 2.59 bits per heavy atom. The van der Waals surface area contributed by atoms with Gasteiger partial charge in [-0.1, -0.05) is 48.5 Å². The number of hydrogen-bond acceptors (Lipinski definition) is 4. The van der Waals surface area contributed by atoms with Crippen LogP contribution in [0.25, 0.3) is 10.6 Å². The molecule has 0 saturated heterocycles. The number of carbonyl (C=O) groups excluding carboxylic acids is 1. The molecule has 4 heteroatoms. The SMILES string of the molecule is Cc1ccccc1C(=O)OCc1csc(-c2ccccc2)n1. The highest BCUT2D eigenvalue weighted by Gasteiger charge is 2.11. The minimum absolute atomic E-state index is 0.191. The smallest absolute Gasteiger partial charge is 0.338 e. The van der Waals surface area contributed by atoms with Crippen LogP contribution in [-0.2, 0) is 11.3 Å². The Hall–Kier alpha value is -2.46. The number of rotatable bonds is 4. The number of carbonyl (C=O) groups is 1. The number of aryl methyl sites for hydroxylation is 1. The van der Waals surface area contributed by atoms with Gasteiger partial charge in [0.25, 0.3) is 0 Å². The first-order chi connectivity index (χ1) is 10.7. The first-order valence-corrected chi connectivity index (χ1v) is 7.84. The van der Waals surface area contributed by atoms with Crippen molar-refractivity contribution in [2.75, 3.05) is 0 Å². The van der Waals surface area contributed by atoms with Crippen LogP contribution in [0.3, 0.4) is 0 Å². The Labute approximate surface area is 133 Å². The molecule has 2 aromatic carbocycles. The van der Waals surface area contributed by atoms with E-state index in [1.807, 2.05) is 60.8 Å². The largest absolute Gasteiger partial charge is 0.456 e. The van der Waals surface area contributed by atoms with Crippen LogP contribution in [0.1, 0.15) is 21.6 Å². The van der Waals surface area contributed by atoms with Crippen molar-refractivity contribution in [3.8, 4) is 10.6 Å². The molecule has 0 radical (unpaired) electrons. The highest BCUT2D eigenvalue weighted by molar-refractivity contribution is 7.13. The Balaban J connectivity index is 1.67. The fourth-order valence-electron chi connectivity index (χ4n) is 2.11. The van der Waals surface area contributed by atoms with Crippen molar-refractivity contribution in [2.45, 2.75) is 13.5 Å². The van der Waals surface area contributed by atoms with E-state index >= 15 is 0 Å². The summed E-state index contributed by atoms with van der Waals surface area (Å²) in [7, 11) is 0. The predicted octanol–water partition coefficient (Wildman–Crippen LogP) is 4.48. The number of esters is 1. The molecule has 1 aromatic heterocycles. The summed E-state index contributed by atoms with van der Waals surface area (Å²) in [4.78, 5) is 16.6. The molecule has 0 unspecified atom stereocenters. The highest BCUT2D eigenvalue weighted by Crippen LogP contribution is 2.23. The lowest BCUT2D eigenvalue weighted by molar-refractivity contribution is 0.0467. The van der Waals surface area contributed by atoms with Crippen molar-refractivity contribution in [3.05, 3.63) is 76.8 Å². The minimum atomic E-state index is -0.313. The predicted molar refractivity (Wildman–Crippen MR) is 87.8 cm³/mol. The van der Waals surface area contributed by atoms with Crippen molar-refractivity contribution in [3.63, 3.8) is 0 Å². The zero-order chi connectivity index (χ0) is 15.4. The normalized spacial score (nSPS) is 10.4. The van der Waals surface area contributed by atoms with E-state index in [2.05, 4.69) is 4.98 Å². The summed E-state index contributed by atoms with van der Waals surface area (Å²) in [5.74, 6) is -0.313. The lowest BCUT2D eigenvalue weighted by Gasteiger charge is -2.05. The highest BCUT2D eigenvalue weighted by atomic mass is 32.1. The second-order valence-corrected chi connectivity index (χ2v) is 5.76. The summed E-state index contributed by atoms with van der Waals surface area (Å²) in [6.07, 6.45) is 0. The van der Waals surface area contributed by atoms with Crippen LogP contribution in [0.4, 0.5) is 0 Å². The molecule has 0 N–H and O–H groups in total. The fraction of sp³-hybridized carbons (Fsp3) is 0.111. The van der Waals surface area contributed by atoms with Gasteiger partial charge in [0.15, 0.2) is 0 Å². The van der Waals surface area contributed by atoms with E-state index in [0.29, 0.717) is 5.56 Å². The molecule has 3 rings (SSSR count). The molecule has 0 saturated carbocycles. The van der Waals surface area contributed by atoms with Crippen LogP contribution in [0.5, 0.6) is 0 Å². The Morgan fingerprint density at radius 2 is 1.82 bits per heavy atom. The zero-order valence-corrected chi connectivity index (χ0v) is 13.0. The van der Waals surface area contributed by atoms with Crippen LogP contribution in [0.2, 0.25) is 0 Å². The number of hydrogen-bond donors (Lipinski definition) is 0. The van der Waals surface area contributed by atoms with Crippen molar-refractivity contribution >= 4 is 17.3 Å². The van der Waals surface area contributed by atoms with E-state index in [1.165, 1.54) is 0 Å². The summed E-state index contributed by atoms with van der Waals surface area (Å²) < 4.78 is 5.35. The molecular formula is C18H15NO2S. The summed E-state index contributed by atoms with van der Waals surface area (Å²) in [6, 6.07) is 17.4. The van der Waals surface area contributed by atoms with Gasteiger partial charge in [-0.2, -0.15) is 0 Å². The van der Waals surface area contributed by atoms with Crippen LogP contribution in [-0.4, -0.2) is 11.0 Å². The summed E-state index contributed by atoms with van der Waals surface area (Å²) in [6.45, 7) is 2.09. The van der Waals surface area contributed by atoms with Gasteiger partial charge in [-0.25, -0.2) is 9.78 Å². The third-order valence-corrected chi connectivity index (χ3v) is 4.23. The molecule has 0 fully saturated rings. The van der Waals surface area contributed by atoms with E-state index in [1.54, 1.807) is 17.4 Å². The van der Waals surface area contributed by atoms with E-state index in [0.717, 1.165) is 21.8 Å². The van der Waals surface area contributed by atoms with Gasteiger partial charge in [0.1, 0.15) is 11.6 Å². The maximum absolute atomic E-state index is 12.1. The second-order valence-electron chi connectivity index (χ2n) is 4.90. The zero-order valence-electron chi connectivity index (χ0n) is 12.2. The topological polar surface area (TPSA) is 39.2 Å². The molecule has 0 aliphatic rings. The Bertz CT molecular complexity index is 781. The maximum Gasteiger partial charge on any atom is 0.338 e. The van der Waals surface area contributed by atoms with Gasteiger partial charge in [-0.15, -0.1) is 11.3 Å². The van der Waals surface area contributed by atoms with Crippen LogP contribution in [0.15, 0.2) is 60.0 Å². The van der Waals surface area contributed by atoms with Gasteiger partial charge in [0.05, 0.1) is 11.3 Å². The second kappa shape index (κ2) is 6.54. The molecule has 0 amide bonds. The third-order valence-electron chi connectivity index (χ3n) is 3.29. The molecule has 3 aromatic rings. The number of ether oxygens (including phenoxy) is 1. The fourth-order valence-corrected chi connectivity index (χ4v) is 2.92. The Morgan fingerprint density at radius 1 is 1.09 bits per heavy atom. The Kier molecular flexibility index (Phi) is 4.30. The lowest BCUT2D eigenvalue weighted by Crippen LogP contribution is -2.07. The number of nitrogens with zero attached hydrogens (tertiary/aromatic N) is 1. The van der Waals surface area contributed by atoms with E-state index < -0.39 is 0 Å². The number of benzene rings is 2. The summed E-state index contributed by atoms with van der Waals surface area (Å²) >= 11 is 1.55. The summed E-state index contributed by atoms with van der Waals surface area (Å²) in [5, 5.41) is 2.86. The van der Waals surface area contributed by atoms with E-state index in [-0.39, 0.29) is 12.6 Å². The molecule has 0 aliphatic heterocycles. The molecule has 0 bridgehead atoms. The van der Waals surface area contributed by atoms with E-state index in [4.69, 9.17) is 4.74 Å². The molecule has 22 heavy (non-hydrogen) atoms. The standard InChI is InChI=1S/C18H15NO2S/c1-13-7-5-6-10-16(13)18(20)21-11-15-12-22-17(19-15)14-8-3-2-4-9-14/h2-10,12H,11H2,1H3. The van der Waals surface area contributed by atoms with Gasteiger partial charge in [-0.05, 0) is 18.6 Å². The van der Waals surface area contributed by atoms with Gasteiger partial charge < -0.3 is 4.74 Å². The molecule has 3 nitrogen and oxygen atoms in total. The van der Waals surface area contributed by atoms with Gasteiger partial charge in [0, 0.05) is 10.9 Å². The van der Waals surface area contributed by atoms with Crippen molar-refractivity contribution < 1.29 is 9.53 Å². The molecule has 0 atom stereocenters. The van der Waals surface area contributed by atoms with Crippen LogP contribution in [0, 0.1) is 6.92 Å². The van der Waals surface area contributed by atoms with Gasteiger partial charge in [-0.3, -0.25) is 0 Å². The van der Waals surface area contributed by atoms with Crippen molar-refractivity contribution in [1.29, 1.82) is 0 Å². The van der Waals surface area contributed by atoms with Crippen LogP contribution < -0.4 is 0 Å². The monoisotopic (exact) mass is 309 g/mol. The number of thiazole rings is 1. The minimum Gasteiger partial charge on any atom is -0.456 e. The van der Waals surface area contributed by atoms with Crippen molar-refractivity contribution in [2.24, 2.45) is 0 Å². The average Bonchev–Trinajstić information content (AvgIpc) is 3.03. The third kappa shape index (κ3) is 3.23. The van der Waals surface area contributed by atoms with E-state index in [9.17, 15) is 4.79 Å². The number of aromatic nitrogens is 1. The molecular weight excluding hydrogens is 294 g/mol. The first-order valence-electron chi connectivity index (χ1n) is 6.96. The molecule has 1 heterocycles. The van der Waals surface area contributed by atoms with Crippen molar-refractivity contribution in [1.82, 2.24) is 4.98 Å². The maximum atomic E-state index is 12.1. The molecule has 110 valence electrons. The average molecular weight is 309 g/mol. The quantitative estimate of drug-likeness (QED) is 0.667. The lowest BCUT2D eigenvalue weighted by atomic mass is 10.1. The van der Waals surface area contributed by atoms with Gasteiger partial charge in [0.2, 0.25) is 0 Å². The molecule has 0 aliphatic carbocycles. The molecule has 0 spiro atoms. The first kappa shape index (κ1) is 14.5. The van der Waals surface area contributed by atoms with Gasteiger partial charge >= 0.3 is 5.97 Å².